The van der Waals surface area contributed by atoms with Crippen LogP contribution in [-0.2, 0) is 6.54 Å². The molecule has 0 aliphatic carbocycles. The van der Waals surface area contributed by atoms with Gasteiger partial charge >= 0.3 is 0 Å². The predicted molar refractivity (Wildman–Crippen MR) is 76.7 cm³/mol. The lowest BCUT2D eigenvalue weighted by Crippen LogP contribution is -2.52. The zero-order chi connectivity index (χ0) is 13.9. The summed E-state index contributed by atoms with van der Waals surface area (Å²) in [5.41, 5.74) is 6.30. The van der Waals surface area contributed by atoms with Crippen LogP contribution in [-0.4, -0.2) is 59.2 Å². The van der Waals surface area contributed by atoms with Crippen molar-refractivity contribution < 1.29 is 5.11 Å². The average molecular weight is 264 g/mol. The molecule has 0 aromatic carbocycles. The molecule has 0 amide bonds. The van der Waals surface area contributed by atoms with Gasteiger partial charge in [0.05, 0.1) is 5.60 Å². The van der Waals surface area contributed by atoms with Crippen LogP contribution in [0.4, 0.5) is 5.82 Å². The number of nitrogens with two attached hydrogens (primary N) is 1. The summed E-state index contributed by atoms with van der Waals surface area (Å²) < 4.78 is 0. The highest BCUT2D eigenvalue weighted by molar-refractivity contribution is 5.38. The summed E-state index contributed by atoms with van der Waals surface area (Å²) >= 11 is 0. The molecule has 0 spiro atoms. The molecule has 0 saturated carbocycles. The Hall–Kier alpha value is -1.17. The van der Waals surface area contributed by atoms with Gasteiger partial charge in [0.2, 0.25) is 0 Å². The highest BCUT2D eigenvalue weighted by Crippen LogP contribution is 2.24. The van der Waals surface area contributed by atoms with E-state index in [1.165, 1.54) is 0 Å². The van der Waals surface area contributed by atoms with Crippen molar-refractivity contribution in [3.63, 3.8) is 0 Å². The first-order valence-corrected chi connectivity index (χ1v) is 6.77. The smallest absolute Gasteiger partial charge is 0.127 e. The first-order valence-electron chi connectivity index (χ1n) is 6.77. The monoisotopic (exact) mass is 264 g/mol. The molecule has 1 aliphatic heterocycles. The Kier molecular flexibility index (Phi) is 4.39. The SMILES string of the molecule is CN(C)CC1(O)CCCN(Cc2cccnc2N)C1. The molecule has 1 aromatic heterocycles. The number of hydrogen-bond acceptors (Lipinski definition) is 5. The lowest BCUT2D eigenvalue weighted by atomic mass is 9.92. The molecule has 1 aromatic rings. The molecule has 1 saturated heterocycles. The average Bonchev–Trinajstić information content (AvgIpc) is 2.30. The number of nitrogens with zero attached hydrogens (tertiary/aromatic N) is 3. The van der Waals surface area contributed by atoms with Crippen LogP contribution in [0.5, 0.6) is 0 Å². The zero-order valence-electron chi connectivity index (χ0n) is 11.8. The van der Waals surface area contributed by atoms with Gasteiger partial charge in [0.1, 0.15) is 5.82 Å². The number of likely N-dealkylation sites (tertiary alicyclic amines) is 1. The maximum Gasteiger partial charge on any atom is 0.127 e. The van der Waals surface area contributed by atoms with Crippen molar-refractivity contribution in [1.82, 2.24) is 14.8 Å². The van der Waals surface area contributed by atoms with E-state index in [9.17, 15) is 5.11 Å². The molecule has 1 fully saturated rings. The van der Waals surface area contributed by atoms with Crippen LogP contribution < -0.4 is 5.73 Å². The Balaban J connectivity index is 2.00. The molecule has 106 valence electrons. The van der Waals surface area contributed by atoms with Crippen molar-refractivity contribution in [2.45, 2.75) is 25.0 Å². The van der Waals surface area contributed by atoms with Crippen LogP contribution in [0, 0.1) is 0 Å². The van der Waals surface area contributed by atoms with Crippen LogP contribution in [0.2, 0.25) is 0 Å². The second-order valence-corrected chi connectivity index (χ2v) is 5.82. The van der Waals surface area contributed by atoms with Crippen LogP contribution >= 0.6 is 0 Å². The van der Waals surface area contributed by atoms with Crippen molar-refractivity contribution in [3.8, 4) is 0 Å². The van der Waals surface area contributed by atoms with Gasteiger partial charge in [0.15, 0.2) is 0 Å². The molecule has 2 rings (SSSR count). The number of aromatic nitrogens is 1. The predicted octanol–water partition coefficient (Wildman–Crippen LogP) is 0.552. The van der Waals surface area contributed by atoms with Gasteiger partial charge in [-0.1, -0.05) is 6.07 Å². The van der Waals surface area contributed by atoms with Crippen LogP contribution in [0.15, 0.2) is 18.3 Å². The van der Waals surface area contributed by atoms with Gasteiger partial charge in [-0.2, -0.15) is 0 Å². The zero-order valence-corrected chi connectivity index (χ0v) is 11.8. The molecular weight excluding hydrogens is 240 g/mol. The van der Waals surface area contributed by atoms with E-state index in [4.69, 9.17) is 5.73 Å². The Bertz CT molecular complexity index is 424. The fourth-order valence-corrected chi connectivity index (χ4v) is 2.88. The number of likely N-dealkylation sites (N-methyl/N-ethyl adjacent to an activating group) is 1. The van der Waals surface area contributed by atoms with Crippen LogP contribution in [0.3, 0.4) is 0 Å². The number of hydrogen-bond donors (Lipinski definition) is 2. The van der Waals surface area contributed by atoms with Crippen molar-refractivity contribution in [1.29, 1.82) is 0 Å². The lowest BCUT2D eigenvalue weighted by Gasteiger charge is -2.40. The third kappa shape index (κ3) is 3.89. The highest BCUT2D eigenvalue weighted by Gasteiger charge is 2.33. The standard InChI is InChI=1S/C14H24N4O/c1-17(2)10-14(19)6-4-8-18(11-14)9-12-5-3-7-16-13(12)15/h3,5,7,19H,4,6,8-11H2,1-2H3,(H2,15,16). The molecule has 5 nitrogen and oxygen atoms in total. The maximum absolute atomic E-state index is 10.6. The number of nitrogen functional groups attached to an aromatic ring is 1. The minimum Gasteiger partial charge on any atom is -0.387 e. The van der Waals surface area contributed by atoms with Gasteiger partial charge in [-0.05, 0) is 39.5 Å². The summed E-state index contributed by atoms with van der Waals surface area (Å²) in [5.74, 6) is 0.587. The molecule has 1 atom stereocenters. The summed E-state index contributed by atoms with van der Waals surface area (Å²) in [6, 6.07) is 3.91. The van der Waals surface area contributed by atoms with Gasteiger partial charge in [0, 0.05) is 31.4 Å². The minimum absolute atomic E-state index is 0.587. The van der Waals surface area contributed by atoms with E-state index < -0.39 is 5.60 Å². The minimum atomic E-state index is -0.612. The van der Waals surface area contributed by atoms with E-state index >= 15 is 0 Å². The molecule has 19 heavy (non-hydrogen) atoms. The highest BCUT2D eigenvalue weighted by atomic mass is 16.3. The number of aliphatic hydroxyl groups is 1. The summed E-state index contributed by atoms with van der Waals surface area (Å²) in [5, 5.41) is 10.6. The Morgan fingerprint density at radius 1 is 1.53 bits per heavy atom. The Labute approximate surface area is 115 Å². The number of rotatable bonds is 4. The summed E-state index contributed by atoms with van der Waals surface area (Å²) in [6.45, 7) is 3.16. The summed E-state index contributed by atoms with van der Waals surface area (Å²) in [6.07, 6.45) is 3.59. The lowest BCUT2D eigenvalue weighted by molar-refractivity contribution is -0.0479. The number of anilines is 1. The van der Waals surface area contributed by atoms with Gasteiger partial charge in [-0.3, -0.25) is 4.90 Å². The van der Waals surface area contributed by atoms with E-state index in [0.717, 1.165) is 31.5 Å². The van der Waals surface area contributed by atoms with E-state index in [-0.39, 0.29) is 0 Å². The van der Waals surface area contributed by atoms with Crippen LogP contribution in [0.1, 0.15) is 18.4 Å². The third-order valence-electron chi connectivity index (χ3n) is 3.56. The second-order valence-electron chi connectivity index (χ2n) is 5.82. The molecule has 2 heterocycles. The first kappa shape index (κ1) is 14.2. The van der Waals surface area contributed by atoms with E-state index in [1.807, 2.05) is 31.1 Å². The summed E-state index contributed by atoms with van der Waals surface area (Å²) in [7, 11) is 3.99. The number of piperidine rings is 1. The van der Waals surface area contributed by atoms with Gasteiger partial charge < -0.3 is 15.7 Å². The van der Waals surface area contributed by atoms with Gasteiger partial charge in [-0.25, -0.2) is 4.98 Å². The Morgan fingerprint density at radius 3 is 3.00 bits per heavy atom. The molecule has 0 bridgehead atoms. The third-order valence-corrected chi connectivity index (χ3v) is 3.56. The van der Waals surface area contributed by atoms with E-state index in [1.54, 1.807) is 6.20 Å². The maximum atomic E-state index is 10.6. The molecule has 1 unspecified atom stereocenters. The van der Waals surface area contributed by atoms with Crippen LogP contribution in [0.25, 0.3) is 0 Å². The van der Waals surface area contributed by atoms with Crippen molar-refractivity contribution >= 4 is 5.82 Å². The molecule has 5 heteroatoms. The first-order chi connectivity index (χ1) is 8.98. The van der Waals surface area contributed by atoms with E-state index in [0.29, 0.717) is 18.9 Å². The van der Waals surface area contributed by atoms with Crippen molar-refractivity contribution in [2.75, 3.05) is 39.5 Å². The normalized spacial score (nSPS) is 24.8. The van der Waals surface area contributed by atoms with Gasteiger partial charge in [0.25, 0.3) is 0 Å². The van der Waals surface area contributed by atoms with E-state index in [2.05, 4.69) is 9.88 Å². The topological polar surface area (TPSA) is 65.6 Å². The molecule has 0 radical (unpaired) electrons. The fourth-order valence-electron chi connectivity index (χ4n) is 2.88. The van der Waals surface area contributed by atoms with Crippen molar-refractivity contribution in [2.24, 2.45) is 0 Å². The number of pyridine rings is 1. The largest absolute Gasteiger partial charge is 0.387 e. The summed E-state index contributed by atoms with van der Waals surface area (Å²) in [4.78, 5) is 8.42. The van der Waals surface area contributed by atoms with Crippen molar-refractivity contribution in [3.05, 3.63) is 23.9 Å². The number of β-amino-alcohol motifs (C(OH)–C–C–N with tert-alkyl or cyclic N) is 1. The molecular formula is C14H24N4O. The van der Waals surface area contributed by atoms with Gasteiger partial charge in [-0.15, -0.1) is 0 Å². The quantitative estimate of drug-likeness (QED) is 0.831. The molecule has 1 aliphatic rings. The Morgan fingerprint density at radius 2 is 2.32 bits per heavy atom. The molecule has 3 N–H and O–H groups in total. The second kappa shape index (κ2) is 5.86. The fraction of sp³-hybridized carbons (Fsp3) is 0.643.